The normalized spacial score (nSPS) is 24.9. The molecule has 0 spiro atoms. The van der Waals surface area contributed by atoms with Crippen molar-refractivity contribution in [2.24, 2.45) is 5.92 Å². The van der Waals surface area contributed by atoms with Crippen LogP contribution in [-0.4, -0.2) is 34.8 Å². The van der Waals surface area contributed by atoms with Crippen molar-refractivity contribution >= 4 is 0 Å². The van der Waals surface area contributed by atoms with Crippen LogP contribution in [0.4, 0.5) is 8.78 Å². The SMILES string of the molecule is C[C@@H](OC(C)(C)C)C1CNC[C@@H]1c1nc(F)ncc1F. The van der Waals surface area contributed by atoms with Crippen molar-refractivity contribution in [3.8, 4) is 0 Å². The molecule has 1 aliphatic rings. The third-order valence-corrected chi connectivity index (χ3v) is 3.50. The molecule has 0 radical (unpaired) electrons. The molecule has 1 unspecified atom stereocenters. The first-order chi connectivity index (χ1) is 9.28. The van der Waals surface area contributed by atoms with Crippen molar-refractivity contribution < 1.29 is 13.5 Å². The summed E-state index contributed by atoms with van der Waals surface area (Å²) in [5, 5.41) is 3.20. The van der Waals surface area contributed by atoms with Crippen molar-refractivity contribution in [1.82, 2.24) is 15.3 Å². The van der Waals surface area contributed by atoms with Crippen LogP contribution >= 0.6 is 0 Å². The zero-order chi connectivity index (χ0) is 14.9. The molecule has 0 bridgehead atoms. The second-order valence-corrected chi connectivity index (χ2v) is 6.24. The van der Waals surface area contributed by atoms with Gasteiger partial charge in [0.2, 0.25) is 0 Å². The Morgan fingerprint density at radius 3 is 2.70 bits per heavy atom. The molecule has 4 nitrogen and oxygen atoms in total. The van der Waals surface area contributed by atoms with E-state index < -0.39 is 11.9 Å². The number of hydrogen-bond donors (Lipinski definition) is 1. The van der Waals surface area contributed by atoms with Crippen LogP contribution in [0.15, 0.2) is 6.20 Å². The largest absolute Gasteiger partial charge is 0.373 e. The van der Waals surface area contributed by atoms with Gasteiger partial charge in [0.1, 0.15) is 0 Å². The number of rotatable bonds is 3. The Morgan fingerprint density at radius 1 is 1.35 bits per heavy atom. The lowest BCUT2D eigenvalue weighted by Crippen LogP contribution is -2.34. The summed E-state index contributed by atoms with van der Waals surface area (Å²) in [4.78, 5) is 6.87. The van der Waals surface area contributed by atoms with E-state index in [9.17, 15) is 8.78 Å². The molecule has 0 aromatic carbocycles. The van der Waals surface area contributed by atoms with Crippen molar-refractivity contribution in [1.29, 1.82) is 0 Å². The predicted molar refractivity (Wildman–Crippen MR) is 71.3 cm³/mol. The molecule has 1 aliphatic heterocycles. The Morgan fingerprint density at radius 2 is 2.05 bits per heavy atom. The topological polar surface area (TPSA) is 47.0 Å². The first-order valence-corrected chi connectivity index (χ1v) is 6.84. The van der Waals surface area contributed by atoms with Crippen LogP contribution in [0.5, 0.6) is 0 Å². The molecular weight excluding hydrogens is 264 g/mol. The highest BCUT2D eigenvalue weighted by Crippen LogP contribution is 2.33. The van der Waals surface area contributed by atoms with Gasteiger partial charge in [0.05, 0.1) is 23.6 Å². The average Bonchev–Trinajstić information content (AvgIpc) is 2.79. The standard InChI is InChI=1S/C14H21F2N3O/c1-8(20-14(2,3)4)9-5-17-6-10(9)12-11(15)7-18-13(16)19-12/h7-10,17H,5-6H2,1-4H3/t8-,9?,10+/m1/s1. The van der Waals surface area contributed by atoms with Crippen LogP contribution < -0.4 is 5.32 Å². The molecule has 2 heterocycles. The summed E-state index contributed by atoms with van der Waals surface area (Å²) in [6, 6.07) is 0. The van der Waals surface area contributed by atoms with Gasteiger partial charge in [-0.15, -0.1) is 0 Å². The van der Waals surface area contributed by atoms with Crippen LogP contribution in [0.1, 0.15) is 39.3 Å². The Kier molecular flexibility index (Phi) is 4.34. The highest BCUT2D eigenvalue weighted by atomic mass is 19.1. The first-order valence-electron chi connectivity index (χ1n) is 6.84. The van der Waals surface area contributed by atoms with Crippen LogP contribution in [0, 0.1) is 17.8 Å². The molecule has 1 N–H and O–H groups in total. The molecule has 1 saturated heterocycles. The maximum atomic E-state index is 13.8. The van der Waals surface area contributed by atoms with E-state index in [2.05, 4.69) is 15.3 Å². The summed E-state index contributed by atoms with van der Waals surface area (Å²) in [5.74, 6) is -0.712. The van der Waals surface area contributed by atoms with Gasteiger partial charge in [0.25, 0.3) is 0 Å². The molecule has 0 saturated carbocycles. The number of ether oxygens (including phenoxy) is 1. The van der Waals surface area contributed by atoms with Crippen molar-refractivity contribution in [3.63, 3.8) is 0 Å². The molecule has 3 atom stereocenters. The van der Waals surface area contributed by atoms with E-state index in [1.54, 1.807) is 0 Å². The molecule has 0 aliphatic carbocycles. The Bertz CT molecular complexity index is 476. The van der Waals surface area contributed by atoms with E-state index >= 15 is 0 Å². The van der Waals surface area contributed by atoms with Gasteiger partial charge in [-0.3, -0.25) is 0 Å². The number of nitrogens with zero attached hydrogens (tertiary/aromatic N) is 2. The van der Waals surface area contributed by atoms with E-state index in [1.165, 1.54) is 0 Å². The highest BCUT2D eigenvalue weighted by molar-refractivity contribution is 5.14. The van der Waals surface area contributed by atoms with Crippen LogP contribution in [0.3, 0.4) is 0 Å². The maximum absolute atomic E-state index is 13.8. The zero-order valence-electron chi connectivity index (χ0n) is 12.3. The minimum atomic E-state index is -0.892. The molecule has 112 valence electrons. The fraction of sp³-hybridized carbons (Fsp3) is 0.714. The van der Waals surface area contributed by atoms with E-state index in [-0.39, 0.29) is 29.2 Å². The Hall–Kier alpha value is -1.14. The van der Waals surface area contributed by atoms with Gasteiger partial charge >= 0.3 is 6.08 Å². The predicted octanol–water partition coefficient (Wildman–Crippen LogP) is 2.26. The van der Waals surface area contributed by atoms with Gasteiger partial charge in [-0.2, -0.15) is 4.39 Å². The number of nitrogens with one attached hydrogen (secondary N) is 1. The summed E-state index contributed by atoms with van der Waals surface area (Å²) in [6.07, 6.45) is -0.0774. The Labute approximate surface area is 118 Å². The lowest BCUT2D eigenvalue weighted by molar-refractivity contribution is -0.0754. The number of hydrogen-bond acceptors (Lipinski definition) is 4. The second-order valence-electron chi connectivity index (χ2n) is 6.24. The summed E-state index contributed by atoms with van der Waals surface area (Å²) >= 11 is 0. The maximum Gasteiger partial charge on any atom is 0.308 e. The molecule has 0 amide bonds. The lowest BCUT2D eigenvalue weighted by Gasteiger charge is -2.31. The number of aromatic nitrogens is 2. The molecule has 20 heavy (non-hydrogen) atoms. The van der Waals surface area contributed by atoms with Gasteiger partial charge in [-0.1, -0.05) is 0 Å². The van der Waals surface area contributed by atoms with Crippen LogP contribution in [0.2, 0.25) is 0 Å². The summed E-state index contributed by atoms with van der Waals surface area (Å²) in [6.45, 7) is 9.16. The van der Waals surface area contributed by atoms with Crippen LogP contribution in [0.25, 0.3) is 0 Å². The second kappa shape index (κ2) is 5.69. The minimum Gasteiger partial charge on any atom is -0.373 e. The van der Waals surface area contributed by atoms with E-state index in [1.807, 2.05) is 27.7 Å². The van der Waals surface area contributed by atoms with Gasteiger partial charge in [0.15, 0.2) is 5.82 Å². The number of halogens is 2. The smallest absolute Gasteiger partial charge is 0.308 e. The van der Waals surface area contributed by atoms with Crippen molar-refractivity contribution in [2.75, 3.05) is 13.1 Å². The highest BCUT2D eigenvalue weighted by Gasteiger charge is 2.37. The van der Waals surface area contributed by atoms with Gasteiger partial charge in [0, 0.05) is 24.9 Å². The molecule has 1 aromatic heterocycles. The van der Waals surface area contributed by atoms with E-state index in [4.69, 9.17) is 4.74 Å². The third kappa shape index (κ3) is 3.49. The van der Waals surface area contributed by atoms with Gasteiger partial charge < -0.3 is 10.1 Å². The fourth-order valence-corrected chi connectivity index (χ4v) is 2.75. The van der Waals surface area contributed by atoms with Crippen LogP contribution in [-0.2, 0) is 4.74 Å². The monoisotopic (exact) mass is 285 g/mol. The Balaban J connectivity index is 2.20. The summed E-state index contributed by atoms with van der Waals surface area (Å²) in [7, 11) is 0. The van der Waals surface area contributed by atoms with Gasteiger partial charge in [-0.05, 0) is 27.7 Å². The molecule has 1 aromatic rings. The minimum absolute atomic E-state index is 0.0537. The average molecular weight is 285 g/mol. The molecule has 6 heteroatoms. The molecule has 2 rings (SSSR count). The summed E-state index contributed by atoms with van der Waals surface area (Å²) < 4.78 is 32.9. The first kappa shape index (κ1) is 15.3. The fourth-order valence-electron chi connectivity index (χ4n) is 2.75. The third-order valence-electron chi connectivity index (χ3n) is 3.50. The van der Waals surface area contributed by atoms with Gasteiger partial charge in [-0.25, -0.2) is 14.4 Å². The van der Waals surface area contributed by atoms with Crippen molar-refractivity contribution in [2.45, 2.75) is 45.3 Å². The van der Waals surface area contributed by atoms with E-state index in [0.717, 1.165) is 6.20 Å². The molecule has 1 fully saturated rings. The lowest BCUT2D eigenvalue weighted by atomic mass is 9.88. The van der Waals surface area contributed by atoms with Crippen molar-refractivity contribution in [3.05, 3.63) is 23.8 Å². The van der Waals surface area contributed by atoms with E-state index in [0.29, 0.717) is 13.1 Å². The quantitative estimate of drug-likeness (QED) is 0.865. The zero-order valence-corrected chi connectivity index (χ0v) is 12.3. The molecular formula is C14H21F2N3O. The summed E-state index contributed by atoms with van der Waals surface area (Å²) in [5.41, 5.74) is -0.140.